The van der Waals surface area contributed by atoms with E-state index in [2.05, 4.69) is 45.3 Å². The van der Waals surface area contributed by atoms with Gasteiger partial charge in [0, 0.05) is 38.9 Å². The second kappa shape index (κ2) is 6.31. The molecule has 0 amide bonds. The molecule has 0 fully saturated rings. The zero-order valence-corrected chi connectivity index (χ0v) is 12.8. The summed E-state index contributed by atoms with van der Waals surface area (Å²) in [5.74, 6) is 1.60. The number of anilines is 1. The lowest BCUT2D eigenvalue weighted by molar-refractivity contribution is 0.190. The highest BCUT2D eigenvalue weighted by atomic mass is 16.5. The first kappa shape index (κ1) is 14.1. The number of ether oxygens (including phenoxy) is 1. The fourth-order valence-corrected chi connectivity index (χ4v) is 3.00. The van der Waals surface area contributed by atoms with Crippen molar-refractivity contribution in [1.82, 2.24) is 9.55 Å². The van der Waals surface area contributed by atoms with Gasteiger partial charge in [0.25, 0.3) is 0 Å². The standard InChI is InChI=1S/C17H23N3O/c1-13-12-20(8-5-9-21-2)17(19-13)18-11-15-10-14-6-3-4-7-16(14)15/h3-4,6-7,12,15H,5,8-11H2,1-2H3,(H,18,19). The van der Waals surface area contributed by atoms with Crippen molar-refractivity contribution in [2.75, 3.05) is 25.6 Å². The molecule has 1 heterocycles. The molecule has 1 aromatic carbocycles. The van der Waals surface area contributed by atoms with Gasteiger partial charge in [0.2, 0.25) is 5.95 Å². The van der Waals surface area contributed by atoms with Gasteiger partial charge in [0.15, 0.2) is 0 Å². The van der Waals surface area contributed by atoms with Gasteiger partial charge in [-0.05, 0) is 30.9 Å². The van der Waals surface area contributed by atoms with Crippen LogP contribution >= 0.6 is 0 Å². The molecule has 1 N–H and O–H groups in total. The molecule has 1 aromatic heterocycles. The molecule has 0 aliphatic heterocycles. The molecule has 0 saturated carbocycles. The number of nitrogens with zero attached hydrogens (tertiary/aromatic N) is 2. The Morgan fingerprint density at radius 2 is 2.24 bits per heavy atom. The minimum atomic E-state index is 0.616. The SMILES string of the molecule is COCCCn1cc(C)nc1NCC1Cc2ccccc21. The smallest absolute Gasteiger partial charge is 0.203 e. The molecule has 0 radical (unpaired) electrons. The molecule has 0 spiro atoms. The van der Waals surface area contributed by atoms with E-state index in [1.807, 2.05) is 6.92 Å². The van der Waals surface area contributed by atoms with Gasteiger partial charge in [0.05, 0.1) is 5.69 Å². The van der Waals surface area contributed by atoms with Gasteiger partial charge in [-0.1, -0.05) is 24.3 Å². The molecule has 1 aliphatic carbocycles. The van der Waals surface area contributed by atoms with E-state index in [-0.39, 0.29) is 0 Å². The fraction of sp³-hybridized carbons (Fsp3) is 0.471. The normalized spacial score (nSPS) is 16.4. The molecule has 0 saturated heterocycles. The van der Waals surface area contributed by atoms with Gasteiger partial charge < -0.3 is 14.6 Å². The monoisotopic (exact) mass is 285 g/mol. The number of imidazole rings is 1. The van der Waals surface area contributed by atoms with Crippen LogP contribution in [0.3, 0.4) is 0 Å². The number of benzene rings is 1. The van der Waals surface area contributed by atoms with Crippen molar-refractivity contribution in [1.29, 1.82) is 0 Å². The van der Waals surface area contributed by atoms with Crippen LogP contribution in [0.1, 0.15) is 29.2 Å². The second-order valence-corrected chi connectivity index (χ2v) is 5.73. The van der Waals surface area contributed by atoms with Crippen LogP contribution in [0.15, 0.2) is 30.5 Å². The molecule has 0 bridgehead atoms. The number of nitrogens with one attached hydrogen (secondary N) is 1. The number of fused-ring (bicyclic) bond motifs is 1. The van der Waals surface area contributed by atoms with Crippen LogP contribution in [0.4, 0.5) is 5.95 Å². The molecule has 4 nitrogen and oxygen atoms in total. The molecule has 2 aromatic rings. The van der Waals surface area contributed by atoms with Gasteiger partial charge in [0.1, 0.15) is 0 Å². The zero-order valence-electron chi connectivity index (χ0n) is 12.8. The van der Waals surface area contributed by atoms with Crippen molar-refractivity contribution >= 4 is 5.95 Å². The Morgan fingerprint density at radius 1 is 1.38 bits per heavy atom. The highest BCUT2D eigenvalue weighted by molar-refractivity contribution is 5.42. The first-order chi connectivity index (χ1) is 10.3. The fourth-order valence-electron chi connectivity index (χ4n) is 3.00. The Hall–Kier alpha value is -1.81. The Morgan fingerprint density at radius 3 is 3.05 bits per heavy atom. The highest BCUT2D eigenvalue weighted by Crippen LogP contribution is 2.34. The van der Waals surface area contributed by atoms with Crippen LogP contribution in [0.2, 0.25) is 0 Å². The summed E-state index contributed by atoms with van der Waals surface area (Å²) in [6.07, 6.45) is 4.28. The summed E-state index contributed by atoms with van der Waals surface area (Å²) in [6.45, 7) is 4.72. The number of rotatable bonds is 7. The Bertz CT molecular complexity index is 606. The lowest BCUT2D eigenvalue weighted by atomic mass is 9.78. The van der Waals surface area contributed by atoms with E-state index >= 15 is 0 Å². The molecule has 1 unspecified atom stereocenters. The third kappa shape index (κ3) is 3.10. The summed E-state index contributed by atoms with van der Waals surface area (Å²) in [5.41, 5.74) is 4.03. The third-order valence-electron chi connectivity index (χ3n) is 4.11. The molecule has 112 valence electrons. The predicted octanol–water partition coefficient (Wildman–Crippen LogP) is 2.98. The van der Waals surface area contributed by atoms with E-state index in [9.17, 15) is 0 Å². The summed E-state index contributed by atoms with van der Waals surface area (Å²) < 4.78 is 7.31. The maximum Gasteiger partial charge on any atom is 0.203 e. The molecule has 1 atom stereocenters. The quantitative estimate of drug-likeness (QED) is 0.795. The van der Waals surface area contributed by atoms with Gasteiger partial charge >= 0.3 is 0 Å². The van der Waals surface area contributed by atoms with Crippen LogP contribution in [0, 0.1) is 6.92 Å². The van der Waals surface area contributed by atoms with Crippen LogP contribution in [-0.4, -0.2) is 29.8 Å². The minimum Gasteiger partial charge on any atom is -0.385 e. The maximum atomic E-state index is 5.12. The number of aromatic nitrogens is 2. The van der Waals surface area contributed by atoms with Crippen LogP contribution in [-0.2, 0) is 17.7 Å². The van der Waals surface area contributed by atoms with E-state index in [0.717, 1.165) is 37.8 Å². The number of methoxy groups -OCH3 is 1. The Balaban J connectivity index is 1.58. The highest BCUT2D eigenvalue weighted by Gasteiger charge is 2.25. The molecule has 3 rings (SSSR count). The third-order valence-corrected chi connectivity index (χ3v) is 4.11. The van der Waals surface area contributed by atoms with E-state index < -0.39 is 0 Å². The maximum absolute atomic E-state index is 5.12. The Kier molecular flexibility index (Phi) is 4.25. The molecular formula is C17H23N3O. The summed E-state index contributed by atoms with van der Waals surface area (Å²) in [7, 11) is 1.74. The molecule has 1 aliphatic rings. The van der Waals surface area contributed by atoms with Crippen molar-refractivity contribution in [2.45, 2.75) is 32.2 Å². The van der Waals surface area contributed by atoms with Gasteiger partial charge in [-0.2, -0.15) is 0 Å². The van der Waals surface area contributed by atoms with Crippen molar-refractivity contribution in [2.24, 2.45) is 0 Å². The summed E-state index contributed by atoms with van der Waals surface area (Å²) >= 11 is 0. The lowest BCUT2D eigenvalue weighted by Gasteiger charge is -2.30. The average molecular weight is 285 g/mol. The topological polar surface area (TPSA) is 39.1 Å². The van der Waals surface area contributed by atoms with Crippen molar-refractivity contribution < 1.29 is 4.74 Å². The van der Waals surface area contributed by atoms with Gasteiger partial charge in [-0.3, -0.25) is 0 Å². The summed E-state index contributed by atoms with van der Waals surface area (Å²) in [4.78, 5) is 4.59. The molecule has 4 heteroatoms. The average Bonchev–Trinajstić information content (AvgIpc) is 2.80. The second-order valence-electron chi connectivity index (χ2n) is 5.73. The predicted molar refractivity (Wildman–Crippen MR) is 84.8 cm³/mol. The summed E-state index contributed by atoms with van der Waals surface area (Å²) in [6, 6.07) is 8.71. The van der Waals surface area contributed by atoms with E-state index in [4.69, 9.17) is 4.74 Å². The van der Waals surface area contributed by atoms with Crippen molar-refractivity contribution in [3.05, 3.63) is 47.3 Å². The van der Waals surface area contributed by atoms with E-state index in [1.165, 1.54) is 17.5 Å². The number of hydrogen-bond acceptors (Lipinski definition) is 3. The first-order valence-electron chi connectivity index (χ1n) is 7.62. The molecule has 21 heavy (non-hydrogen) atoms. The van der Waals surface area contributed by atoms with Gasteiger partial charge in [-0.15, -0.1) is 0 Å². The largest absolute Gasteiger partial charge is 0.385 e. The van der Waals surface area contributed by atoms with Crippen molar-refractivity contribution in [3.63, 3.8) is 0 Å². The number of aryl methyl sites for hydroxylation is 2. The minimum absolute atomic E-state index is 0.616. The van der Waals surface area contributed by atoms with Crippen LogP contribution < -0.4 is 5.32 Å². The summed E-state index contributed by atoms with van der Waals surface area (Å²) in [5, 5.41) is 3.51. The van der Waals surface area contributed by atoms with Crippen LogP contribution in [0.5, 0.6) is 0 Å². The first-order valence-corrected chi connectivity index (χ1v) is 7.62. The lowest BCUT2D eigenvalue weighted by Crippen LogP contribution is -2.25. The van der Waals surface area contributed by atoms with Crippen molar-refractivity contribution in [3.8, 4) is 0 Å². The van der Waals surface area contributed by atoms with Crippen LogP contribution in [0.25, 0.3) is 0 Å². The number of hydrogen-bond donors (Lipinski definition) is 1. The Labute approximate surface area is 126 Å². The zero-order chi connectivity index (χ0) is 14.7. The van der Waals surface area contributed by atoms with E-state index in [1.54, 1.807) is 7.11 Å². The molecular weight excluding hydrogens is 262 g/mol. The van der Waals surface area contributed by atoms with Gasteiger partial charge in [-0.25, -0.2) is 4.98 Å². The van der Waals surface area contributed by atoms with E-state index in [0.29, 0.717) is 5.92 Å².